The van der Waals surface area contributed by atoms with Crippen molar-refractivity contribution in [2.45, 2.75) is 117 Å². The third-order valence-electron chi connectivity index (χ3n) is 14.7. The van der Waals surface area contributed by atoms with E-state index in [2.05, 4.69) is 26.6 Å². The number of ether oxygens (including phenoxy) is 2. The number of aliphatic hydroxyl groups is 1. The molecule has 1 aromatic heterocycles. The lowest BCUT2D eigenvalue weighted by Gasteiger charge is -2.40. The lowest BCUT2D eigenvalue weighted by Crippen LogP contribution is -2.51. The number of urea groups is 2. The summed E-state index contributed by atoms with van der Waals surface area (Å²) in [6, 6.07) is 17.6. The molecule has 3 aliphatic rings. The van der Waals surface area contributed by atoms with Crippen molar-refractivity contribution in [1.29, 1.82) is 0 Å². The molecule has 3 aromatic carbocycles. The van der Waals surface area contributed by atoms with Gasteiger partial charge >= 0.3 is 18.2 Å². The molecule has 0 bridgehead atoms. The fourth-order valence-corrected chi connectivity index (χ4v) is 10.1. The van der Waals surface area contributed by atoms with Crippen molar-refractivity contribution in [1.82, 2.24) is 45.5 Å². The minimum absolute atomic E-state index is 0.0725. The third kappa shape index (κ3) is 19.9. The Morgan fingerprint density at radius 3 is 2.24 bits per heavy atom. The van der Waals surface area contributed by atoms with Crippen molar-refractivity contribution in [3.8, 4) is 11.3 Å². The van der Waals surface area contributed by atoms with Crippen molar-refractivity contribution in [3.05, 3.63) is 119 Å². The number of nitrogens with zero attached hydrogens (tertiary/aromatic N) is 5. The Bertz CT molecular complexity index is 2920. The number of aliphatic hydroxyl groups excluding tert-OH is 1. The van der Waals surface area contributed by atoms with E-state index in [1.165, 1.54) is 23.1 Å². The standard InChI is InChI=1S/C57H71F2N9O10.C4H10N2O/c1-36(2)52(64-48(70)13-9-6-10-24-67-50(72)20-21-51(67)73)55(74)60-28-49(71)62-43-17-15-40(16-18-43)35-78-57(76)66-30-42(46(59)32-66)31-68(56(75)61-38(4)34-69)53(41-22-25-77-26-23-41)54-63-47(44-27-37(3)14-19-45(44)58)33-65(54)29-39-11-7-5-8-12-39;1-2-3-6-4(5)7/h5,7-8,11-12,14-21,27,33,36,38,41-42,46,52-53,69H,6,9-10,13,22-26,28-32,34-35H2,1-4H3,(H,60,74)(H,61,75)(H,62,71)(H,64,70);2-3H2,1H3,(H3,5,6,7). The maximum Gasteiger partial charge on any atom is 0.410 e. The molecule has 8 N–H and O–H groups in total. The zero-order chi connectivity index (χ0) is 61.6. The number of likely N-dealkylation sites (tertiary alicyclic amines) is 1. The van der Waals surface area contributed by atoms with Crippen LogP contribution in [0.2, 0.25) is 0 Å². The Morgan fingerprint density at radius 2 is 1.59 bits per heavy atom. The number of carbonyl (C=O) groups is 8. The lowest BCUT2D eigenvalue weighted by atomic mass is 9.89. The highest BCUT2D eigenvalue weighted by atomic mass is 19.1. The summed E-state index contributed by atoms with van der Waals surface area (Å²) in [6.45, 7) is 9.74. The first-order chi connectivity index (χ1) is 40.7. The van der Waals surface area contributed by atoms with Crippen LogP contribution in [-0.4, -0.2) is 154 Å². The number of aromatic nitrogens is 2. The van der Waals surface area contributed by atoms with Crippen LogP contribution in [0.5, 0.6) is 0 Å². The van der Waals surface area contributed by atoms with Gasteiger partial charge in [0.1, 0.15) is 30.5 Å². The smallest absolute Gasteiger partial charge is 0.410 e. The maximum absolute atomic E-state index is 16.4. The fourth-order valence-electron chi connectivity index (χ4n) is 10.1. The summed E-state index contributed by atoms with van der Waals surface area (Å²) in [5.41, 5.74) is 8.14. The molecule has 460 valence electrons. The minimum atomic E-state index is -1.55. The van der Waals surface area contributed by atoms with Crippen LogP contribution >= 0.6 is 0 Å². The molecule has 2 saturated heterocycles. The SMILES string of the molecule is CCCNC(N)=O.Cc1ccc(F)c(-c2cn(Cc3ccccc3)c(C(C3CCOCC3)N(CC3CN(C(=O)OCc4ccc(NC(=O)CNC(=O)C(NC(=O)CCCCCN5C(=O)C=CC5=O)C(C)C)cc4)CC3F)C(=O)NC(C)CO)n2)c1. The van der Waals surface area contributed by atoms with Gasteiger partial charge in [-0.25, -0.2) is 28.1 Å². The number of nitrogens with one attached hydrogen (secondary N) is 5. The number of halogens is 2. The van der Waals surface area contributed by atoms with Crippen molar-refractivity contribution < 1.29 is 61.7 Å². The Kier molecular flexibility index (Phi) is 25.4. The van der Waals surface area contributed by atoms with Gasteiger partial charge < -0.3 is 61.3 Å². The van der Waals surface area contributed by atoms with E-state index in [1.54, 1.807) is 68.3 Å². The van der Waals surface area contributed by atoms with Crippen LogP contribution in [0.15, 0.2) is 91.1 Å². The molecule has 4 aromatic rings. The van der Waals surface area contributed by atoms with Crippen LogP contribution in [0.25, 0.3) is 11.3 Å². The number of hydrogen-bond donors (Lipinski definition) is 7. The van der Waals surface area contributed by atoms with Gasteiger partial charge in [-0.2, -0.15) is 0 Å². The number of rotatable bonds is 26. The van der Waals surface area contributed by atoms with Crippen molar-refractivity contribution >= 4 is 53.4 Å². The normalized spacial score (nSPS) is 16.9. The van der Waals surface area contributed by atoms with Crippen LogP contribution in [-0.2, 0) is 46.6 Å². The van der Waals surface area contributed by atoms with Gasteiger partial charge in [0.05, 0.1) is 37.5 Å². The summed E-state index contributed by atoms with van der Waals surface area (Å²) in [4.78, 5) is 109. The van der Waals surface area contributed by atoms with Gasteiger partial charge in [0.15, 0.2) is 0 Å². The van der Waals surface area contributed by atoms with E-state index in [-0.39, 0.29) is 81.9 Å². The summed E-state index contributed by atoms with van der Waals surface area (Å²) < 4.78 is 45.2. The van der Waals surface area contributed by atoms with Crippen LogP contribution in [0.3, 0.4) is 0 Å². The predicted molar refractivity (Wildman–Crippen MR) is 313 cm³/mol. The van der Waals surface area contributed by atoms with E-state index in [1.807, 2.05) is 48.7 Å². The van der Waals surface area contributed by atoms with E-state index < -0.39 is 66.0 Å². The monoisotopic (exact) mass is 1180 g/mol. The highest BCUT2D eigenvalue weighted by Gasteiger charge is 2.43. The Morgan fingerprint density at radius 1 is 0.882 bits per heavy atom. The first-order valence-electron chi connectivity index (χ1n) is 29.0. The second-order valence-electron chi connectivity index (χ2n) is 21.9. The average molecular weight is 1180 g/mol. The minimum Gasteiger partial charge on any atom is -0.445 e. The van der Waals surface area contributed by atoms with Crippen LogP contribution in [0, 0.1) is 30.5 Å². The number of alkyl halides is 1. The summed E-state index contributed by atoms with van der Waals surface area (Å²) >= 11 is 0. The largest absolute Gasteiger partial charge is 0.445 e. The molecule has 2 fully saturated rings. The van der Waals surface area contributed by atoms with Crippen molar-refractivity contribution in [2.24, 2.45) is 23.5 Å². The Labute approximate surface area is 494 Å². The van der Waals surface area contributed by atoms with Gasteiger partial charge in [0, 0.05) is 87.9 Å². The fraction of sp³-hybridized carbons (Fsp3) is 0.492. The molecule has 3 aliphatic heterocycles. The number of amides is 10. The molecule has 0 spiro atoms. The van der Waals surface area contributed by atoms with E-state index in [4.69, 9.17) is 20.2 Å². The second kappa shape index (κ2) is 32.7. The van der Waals surface area contributed by atoms with Gasteiger partial charge in [-0.15, -0.1) is 0 Å². The third-order valence-corrected chi connectivity index (χ3v) is 14.7. The molecule has 22 nitrogen and oxygen atoms in total. The van der Waals surface area contributed by atoms with Crippen LogP contribution < -0.4 is 32.3 Å². The summed E-state index contributed by atoms with van der Waals surface area (Å²) in [5.74, 6) is -3.43. The van der Waals surface area contributed by atoms with E-state index in [0.29, 0.717) is 86.7 Å². The molecular formula is C61H81F2N11O11. The summed E-state index contributed by atoms with van der Waals surface area (Å²) in [7, 11) is 0. The second-order valence-corrected chi connectivity index (χ2v) is 21.9. The quantitative estimate of drug-likeness (QED) is 0.0271. The van der Waals surface area contributed by atoms with Crippen molar-refractivity contribution in [3.63, 3.8) is 0 Å². The summed E-state index contributed by atoms with van der Waals surface area (Å²) in [5, 5.41) is 23.3. The number of nitrogens with two attached hydrogens (primary N) is 1. The number of unbranched alkanes of at least 4 members (excludes halogenated alkanes) is 2. The molecule has 24 heteroatoms. The molecule has 0 aliphatic carbocycles. The number of hydrogen-bond acceptors (Lipinski definition) is 12. The zero-order valence-corrected chi connectivity index (χ0v) is 49.0. The number of anilines is 1. The molecule has 5 atom stereocenters. The predicted octanol–water partition coefficient (Wildman–Crippen LogP) is 6.26. The number of imide groups is 1. The van der Waals surface area contributed by atoms with Crippen LogP contribution in [0.1, 0.15) is 101 Å². The van der Waals surface area contributed by atoms with Gasteiger partial charge in [-0.05, 0) is 93.2 Å². The molecular weight excluding hydrogens is 1100 g/mol. The van der Waals surface area contributed by atoms with Crippen LogP contribution in [0.4, 0.5) is 28.9 Å². The maximum atomic E-state index is 16.4. The van der Waals surface area contributed by atoms with Gasteiger partial charge in [0.25, 0.3) is 11.8 Å². The van der Waals surface area contributed by atoms with Gasteiger partial charge in [-0.1, -0.05) is 81.3 Å². The molecule has 5 unspecified atom stereocenters. The molecule has 0 radical (unpaired) electrons. The zero-order valence-electron chi connectivity index (χ0n) is 49.0. The number of imidazole rings is 1. The van der Waals surface area contributed by atoms with Crippen molar-refractivity contribution in [2.75, 3.05) is 64.4 Å². The van der Waals surface area contributed by atoms with Gasteiger partial charge in [0.2, 0.25) is 17.7 Å². The molecule has 85 heavy (non-hydrogen) atoms. The highest BCUT2D eigenvalue weighted by Crippen LogP contribution is 2.39. The number of carbonyl (C=O) groups excluding carboxylic acids is 8. The molecule has 7 rings (SSSR count). The topological polar surface area (TPSA) is 289 Å². The molecule has 10 amide bonds. The first kappa shape index (κ1) is 65.9. The average Bonchev–Trinajstić information content (AvgIpc) is 1.94. The first-order valence-corrected chi connectivity index (χ1v) is 29.0. The summed E-state index contributed by atoms with van der Waals surface area (Å²) in [6.07, 6.45) is 5.72. The van der Waals surface area contributed by atoms with E-state index in [0.717, 1.165) is 22.4 Å². The Hall–Kier alpha value is -8.25. The Balaban J connectivity index is 0.00000155. The number of aryl methyl sites for hydroxylation is 1. The highest BCUT2D eigenvalue weighted by molar-refractivity contribution is 6.12. The number of benzene rings is 3. The molecule has 0 saturated carbocycles. The van der Waals surface area contributed by atoms with Gasteiger partial charge in [-0.3, -0.25) is 28.9 Å². The van der Waals surface area contributed by atoms with E-state index in [9.17, 15) is 43.5 Å². The van der Waals surface area contributed by atoms with E-state index >= 15 is 8.78 Å². The number of primary amides is 1. The molecule has 4 heterocycles. The lowest BCUT2D eigenvalue weighted by molar-refractivity contribution is -0.137.